The number of ether oxygens (including phenoxy) is 1. The summed E-state index contributed by atoms with van der Waals surface area (Å²) in [5, 5.41) is 3.05. The van der Waals surface area contributed by atoms with E-state index < -0.39 is 0 Å². The molecule has 1 aliphatic rings. The first-order chi connectivity index (χ1) is 10.1. The maximum atomic E-state index is 13.0. The molecule has 4 heteroatoms. The van der Waals surface area contributed by atoms with Crippen LogP contribution in [-0.2, 0) is 5.54 Å². The number of amides is 1. The predicted molar refractivity (Wildman–Crippen MR) is 77.8 cm³/mol. The van der Waals surface area contributed by atoms with E-state index >= 15 is 0 Å². The molecule has 0 heterocycles. The monoisotopic (exact) mass is 285 g/mol. The lowest BCUT2D eigenvalue weighted by molar-refractivity contribution is 0.0931. The highest BCUT2D eigenvalue weighted by Crippen LogP contribution is 2.45. The van der Waals surface area contributed by atoms with E-state index in [1.54, 1.807) is 43.5 Å². The van der Waals surface area contributed by atoms with Gasteiger partial charge in [0, 0.05) is 5.56 Å². The highest BCUT2D eigenvalue weighted by atomic mass is 19.1. The zero-order chi connectivity index (χ0) is 14.9. The first kappa shape index (κ1) is 13.6. The van der Waals surface area contributed by atoms with Crippen molar-refractivity contribution in [2.45, 2.75) is 18.4 Å². The second-order valence-corrected chi connectivity index (χ2v) is 5.27. The molecule has 1 saturated carbocycles. The van der Waals surface area contributed by atoms with Gasteiger partial charge in [0.2, 0.25) is 0 Å². The Morgan fingerprint density at radius 3 is 2.24 bits per heavy atom. The van der Waals surface area contributed by atoms with Gasteiger partial charge in [0.15, 0.2) is 0 Å². The number of hydrogen-bond donors (Lipinski definition) is 1. The summed E-state index contributed by atoms with van der Waals surface area (Å²) in [5.74, 6) is 0.321. The molecule has 2 aromatic rings. The third-order valence-corrected chi connectivity index (χ3v) is 3.85. The Morgan fingerprint density at radius 1 is 1.10 bits per heavy atom. The second-order valence-electron chi connectivity index (χ2n) is 5.27. The quantitative estimate of drug-likeness (QED) is 0.936. The van der Waals surface area contributed by atoms with Gasteiger partial charge in [-0.05, 0) is 54.8 Å². The van der Waals surface area contributed by atoms with Crippen LogP contribution in [0.1, 0.15) is 28.8 Å². The Balaban J connectivity index is 1.76. The van der Waals surface area contributed by atoms with E-state index in [9.17, 15) is 9.18 Å². The maximum Gasteiger partial charge on any atom is 0.251 e. The molecule has 0 bridgehead atoms. The Bertz CT molecular complexity index is 645. The van der Waals surface area contributed by atoms with E-state index in [1.807, 2.05) is 0 Å². The van der Waals surface area contributed by atoms with Crippen LogP contribution in [0.2, 0.25) is 0 Å². The first-order valence-corrected chi connectivity index (χ1v) is 6.86. The highest BCUT2D eigenvalue weighted by Gasteiger charge is 2.45. The molecule has 0 spiro atoms. The summed E-state index contributed by atoms with van der Waals surface area (Å²) in [6.07, 6.45) is 1.75. The lowest BCUT2D eigenvalue weighted by Gasteiger charge is -2.18. The molecule has 0 atom stereocenters. The van der Waals surface area contributed by atoms with Crippen molar-refractivity contribution in [2.24, 2.45) is 0 Å². The van der Waals surface area contributed by atoms with Crippen molar-refractivity contribution < 1.29 is 13.9 Å². The second kappa shape index (κ2) is 5.20. The summed E-state index contributed by atoms with van der Waals surface area (Å²) < 4.78 is 18.1. The summed E-state index contributed by atoms with van der Waals surface area (Å²) in [6, 6.07) is 13.3. The van der Waals surface area contributed by atoms with Crippen molar-refractivity contribution in [1.82, 2.24) is 5.32 Å². The van der Waals surface area contributed by atoms with Gasteiger partial charge in [0.1, 0.15) is 11.6 Å². The SMILES string of the molecule is COc1ccc(C(=O)NC2(c3ccc(F)cc3)CC2)cc1. The van der Waals surface area contributed by atoms with Crippen molar-refractivity contribution in [1.29, 1.82) is 0 Å². The first-order valence-electron chi connectivity index (χ1n) is 6.86. The summed E-state index contributed by atoms with van der Waals surface area (Å²) >= 11 is 0. The number of carbonyl (C=O) groups excluding carboxylic acids is 1. The largest absolute Gasteiger partial charge is 0.497 e. The molecule has 3 rings (SSSR count). The molecule has 3 nitrogen and oxygen atoms in total. The Kier molecular flexibility index (Phi) is 3.37. The highest BCUT2D eigenvalue weighted by molar-refractivity contribution is 5.95. The van der Waals surface area contributed by atoms with Gasteiger partial charge in [-0.25, -0.2) is 4.39 Å². The number of halogens is 1. The number of methoxy groups -OCH3 is 1. The van der Waals surface area contributed by atoms with Crippen LogP contribution in [0.5, 0.6) is 5.75 Å². The minimum atomic E-state index is -0.343. The molecule has 21 heavy (non-hydrogen) atoms. The fraction of sp³-hybridized carbons (Fsp3) is 0.235. The van der Waals surface area contributed by atoms with Crippen LogP contribution in [0.4, 0.5) is 4.39 Å². The van der Waals surface area contributed by atoms with Crippen molar-refractivity contribution in [3.8, 4) is 5.75 Å². The standard InChI is InChI=1S/C17H16FNO2/c1-21-15-8-2-12(3-9-15)16(20)19-17(10-11-17)13-4-6-14(18)7-5-13/h2-9H,10-11H2,1H3,(H,19,20). The van der Waals surface area contributed by atoms with Gasteiger partial charge in [-0.15, -0.1) is 0 Å². The van der Waals surface area contributed by atoms with Gasteiger partial charge in [-0.3, -0.25) is 4.79 Å². The lowest BCUT2D eigenvalue weighted by atomic mass is 10.0. The van der Waals surface area contributed by atoms with Gasteiger partial charge >= 0.3 is 0 Å². The smallest absolute Gasteiger partial charge is 0.251 e. The van der Waals surface area contributed by atoms with E-state index in [0.717, 1.165) is 18.4 Å². The lowest BCUT2D eigenvalue weighted by Crippen LogP contribution is -2.34. The summed E-state index contributed by atoms with van der Waals surface area (Å²) in [7, 11) is 1.59. The average Bonchev–Trinajstić information content (AvgIpc) is 3.28. The third kappa shape index (κ3) is 2.75. The number of hydrogen-bond acceptors (Lipinski definition) is 2. The van der Waals surface area contributed by atoms with Crippen LogP contribution < -0.4 is 10.1 Å². The van der Waals surface area contributed by atoms with Crippen LogP contribution in [0, 0.1) is 5.82 Å². The van der Waals surface area contributed by atoms with Crippen molar-refractivity contribution in [3.63, 3.8) is 0 Å². The topological polar surface area (TPSA) is 38.3 Å². The van der Waals surface area contributed by atoms with Crippen LogP contribution in [0.3, 0.4) is 0 Å². The molecule has 1 amide bonds. The van der Waals surface area contributed by atoms with E-state index in [4.69, 9.17) is 4.74 Å². The number of carbonyl (C=O) groups is 1. The minimum absolute atomic E-state index is 0.125. The molecule has 0 aromatic heterocycles. The molecule has 1 aliphatic carbocycles. The predicted octanol–water partition coefficient (Wildman–Crippen LogP) is 3.25. The van der Waals surface area contributed by atoms with Gasteiger partial charge in [-0.2, -0.15) is 0 Å². The van der Waals surface area contributed by atoms with Crippen LogP contribution in [0.15, 0.2) is 48.5 Å². The Hall–Kier alpha value is -2.36. The molecule has 0 unspecified atom stereocenters. The molecule has 108 valence electrons. The fourth-order valence-electron chi connectivity index (χ4n) is 2.41. The van der Waals surface area contributed by atoms with E-state index in [1.165, 1.54) is 12.1 Å². The van der Waals surface area contributed by atoms with Gasteiger partial charge in [0.05, 0.1) is 12.6 Å². The average molecular weight is 285 g/mol. The number of benzene rings is 2. The number of rotatable bonds is 4. The maximum absolute atomic E-state index is 13.0. The molecule has 0 saturated heterocycles. The summed E-state index contributed by atoms with van der Waals surface area (Å²) in [5.41, 5.74) is 1.19. The van der Waals surface area contributed by atoms with Gasteiger partial charge in [-0.1, -0.05) is 12.1 Å². The molecule has 2 aromatic carbocycles. The summed E-state index contributed by atoms with van der Waals surface area (Å²) in [4.78, 5) is 12.3. The molecule has 1 fully saturated rings. The van der Waals surface area contributed by atoms with Crippen molar-refractivity contribution in [3.05, 3.63) is 65.5 Å². The van der Waals surface area contributed by atoms with Crippen LogP contribution >= 0.6 is 0 Å². The molecular formula is C17H16FNO2. The van der Waals surface area contributed by atoms with Crippen molar-refractivity contribution in [2.75, 3.05) is 7.11 Å². The van der Waals surface area contributed by atoms with Crippen LogP contribution in [0.25, 0.3) is 0 Å². The van der Waals surface area contributed by atoms with Gasteiger partial charge < -0.3 is 10.1 Å². The van der Waals surface area contributed by atoms with E-state index in [2.05, 4.69) is 5.32 Å². The Morgan fingerprint density at radius 2 is 1.71 bits per heavy atom. The zero-order valence-electron chi connectivity index (χ0n) is 11.7. The van der Waals surface area contributed by atoms with E-state index in [0.29, 0.717) is 11.3 Å². The van der Waals surface area contributed by atoms with Crippen LogP contribution in [-0.4, -0.2) is 13.0 Å². The number of nitrogens with one attached hydrogen (secondary N) is 1. The van der Waals surface area contributed by atoms with E-state index in [-0.39, 0.29) is 17.3 Å². The molecule has 0 aliphatic heterocycles. The molecule has 0 radical (unpaired) electrons. The summed E-state index contributed by atoms with van der Waals surface area (Å²) in [6.45, 7) is 0. The normalized spacial score (nSPS) is 15.3. The third-order valence-electron chi connectivity index (χ3n) is 3.85. The molecular weight excluding hydrogens is 269 g/mol. The molecule has 1 N–H and O–H groups in total. The van der Waals surface area contributed by atoms with Gasteiger partial charge in [0.25, 0.3) is 5.91 Å². The van der Waals surface area contributed by atoms with Crippen molar-refractivity contribution >= 4 is 5.91 Å². The Labute approximate surface area is 122 Å². The fourth-order valence-corrected chi connectivity index (χ4v) is 2.41. The minimum Gasteiger partial charge on any atom is -0.497 e. The zero-order valence-corrected chi connectivity index (χ0v) is 11.7.